The molecule has 0 radical (unpaired) electrons. The molecule has 2 heteroatoms. The Morgan fingerprint density at radius 3 is 1.64 bits per heavy atom. The molecule has 14 heavy (non-hydrogen) atoms. The van der Waals surface area contributed by atoms with Gasteiger partial charge in [-0.15, -0.1) is 0 Å². The summed E-state index contributed by atoms with van der Waals surface area (Å²) in [6.07, 6.45) is 0. The number of phenolic OH excluding ortho intramolecular Hbond substituents is 1. The highest BCUT2D eigenvalue weighted by atomic mass is 35.5. The molecule has 0 aliphatic carbocycles. The van der Waals surface area contributed by atoms with Crippen LogP contribution in [-0.4, -0.2) is 5.11 Å². The van der Waals surface area contributed by atoms with Crippen LogP contribution in [0.4, 0.5) is 0 Å². The smallest absolute Gasteiger partial charge is 0.122 e. The minimum atomic E-state index is 0.297. The van der Waals surface area contributed by atoms with Gasteiger partial charge in [0.05, 0.1) is 0 Å². The van der Waals surface area contributed by atoms with Gasteiger partial charge in [-0.1, -0.05) is 39.3 Å². The molecule has 1 N–H and O–H groups in total. The van der Waals surface area contributed by atoms with E-state index in [9.17, 15) is 5.11 Å². The molecule has 1 aromatic rings. The van der Waals surface area contributed by atoms with Gasteiger partial charge in [-0.25, -0.2) is 0 Å². The third kappa shape index (κ3) is 2.21. The van der Waals surface area contributed by atoms with Crippen LogP contribution in [0.15, 0.2) is 12.1 Å². The fourth-order valence-corrected chi connectivity index (χ4v) is 1.76. The van der Waals surface area contributed by atoms with Gasteiger partial charge in [0.2, 0.25) is 0 Å². The lowest BCUT2D eigenvalue weighted by Crippen LogP contribution is -1.95. The fourth-order valence-electron chi connectivity index (χ4n) is 1.52. The quantitative estimate of drug-likeness (QED) is 0.776. The summed E-state index contributed by atoms with van der Waals surface area (Å²) >= 11 is 6.00. The summed E-state index contributed by atoms with van der Waals surface area (Å²) in [5, 5.41) is 10.7. The van der Waals surface area contributed by atoms with E-state index in [0.717, 1.165) is 11.1 Å². The van der Waals surface area contributed by atoms with Crippen molar-refractivity contribution in [3.8, 4) is 5.75 Å². The van der Waals surface area contributed by atoms with Crippen LogP contribution in [0.3, 0.4) is 0 Å². The summed E-state index contributed by atoms with van der Waals surface area (Å²) in [5.41, 5.74) is 1.86. The van der Waals surface area contributed by atoms with Crippen LogP contribution in [0.2, 0.25) is 5.02 Å². The molecular weight excluding hydrogens is 196 g/mol. The zero-order valence-corrected chi connectivity index (χ0v) is 9.89. The molecule has 1 aromatic carbocycles. The van der Waals surface area contributed by atoms with Crippen molar-refractivity contribution in [2.45, 2.75) is 39.5 Å². The van der Waals surface area contributed by atoms with Crippen molar-refractivity contribution >= 4 is 11.6 Å². The first kappa shape index (κ1) is 11.4. The van der Waals surface area contributed by atoms with E-state index in [4.69, 9.17) is 11.6 Å². The van der Waals surface area contributed by atoms with Gasteiger partial charge in [0, 0.05) is 5.02 Å². The van der Waals surface area contributed by atoms with Gasteiger partial charge in [0.25, 0.3) is 0 Å². The van der Waals surface area contributed by atoms with E-state index >= 15 is 0 Å². The fraction of sp³-hybridized carbons (Fsp3) is 0.500. The van der Waals surface area contributed by atoms with E-state index in [1.54, 1.807) is 0 Å². The minimum absolute atomic E-state index is 0.297. The molecule has 0 aliphatic rings. The number of halogens is 1. The first-order chi connectivity index (χ1) is 6.43. The van der Waals surface area contributed by atoms with Crippen LogP contribution in [0.5, 0.6) is 5.75 Å². The van der Waals surface area contributed by atoms with E-state index < -0.39 is 0 Å². The maximum atomic E-state index is 10.00. The molecule has 0 heterocycles. The van der Waals surface area contributed by atoms with E-state index in [1.807, 2.05) is 12.1 Å². The lowest BCUT2D eigenvalue weighted by Gasteiger charge is -2.15. The van der Waals surface area contributed by atoms with E-state index in [0.29, 0.717) is 22.6 Å². The summed E-state index contributed by atoms with van der Waals surface area (Å²) in [6.45, 7) is 8.20. The summed E-state index contributed by atoms with van der Waals surface area (Å²) in [6, 6.07) is 3.68. The Hall–Kier alpha value is -0.690. The molecule has 0 spiro atoms. The molecular formula is C12H17ClO. The van der Waals surface area contributed by atoms with Crippen molar-refractivity contribution in [2.75, 3.05) is 0 Å². The molecule has 0 saturated heterocycles. The molecule has 0 fully saturated rings. The summed E-state index contributed by atoms with van der Waals surface area (Å²) in [7, 11) is 0. The SMILES string of the molecule is CC(C)c1cc(Cl)cc(C(C)C)c1O. The van der Waals surface area contributed by atoms with Crippen molar-refractivity contribution in [2.24, 2.45) is 0 Å². The lowest BCUT2D eigenvalue weighted by molar-refractivity contribution is 0.454. The van der Waals surface area contributed by atoms with Crippen LogP contribution in [0.25, 0.3) is 0 Å². The van der Waals surface area contributed by atoms with Crippen LogP contribution in [0.1, 0.15) is 50.7 Å². The highest BCUT2D eigenvalue weighted by Gasteiger charge is 2.14. The molecule has 0 bridgehead atoms. The molecule has 0 aromatic heterocycles. The zero-order valence-electron chi connectivity index (χ0n) is 9.13. The molecule has 0 amide bonds. The van der Waals surface area contributed by atoms with E-state index in [1.165, 1.54) is 0 Å². The maximum Gasteiger partial charge on any atom is 0.122 e. The molecule has 1 nitrogen and oxygen atoms in total. The third-order valence-corrected chi connectivity index (χ3v) is 2.60. The van der Waals surface area contributed by atoms with Crippen LogP contribution >= 0.6 is 11.6 Å². The number of hydrogen-bond acceptors (Lipinski definition) is 1. The Morgan fingerprint density at radius 1 is 1.00 bits per heavy atom. The van der Waals surface area contributed by atoms with E-state index in [2.05, 4.69) is 27.7 Å². The second-order valence-corrected chi connectivity index (χ2v) is 4.68. The number of rotatable bonds is 2. The summed E-state index contributed by atoms with van der Waals surface area (Å²) in [4.78, 5) is 0. The molecule has 1 rings (SSSR count). The highest BCUT2D eigenvalue weighted by molar-refractivity contribution is 6.30. The molecule has 0 aliphatic heterocycles. The van der Waals surface area contributed by atoms with Gasteiger partial charge in [-0.05, 0) is 35.1 Å². The Kier molecular flexibility index (Phi) is 3.43. The summed E-state index contributed by atoms with van der Waals surface area (Å²) < 4.78 is 0. The largest absolute Gasteiger partial charge is 0.507 e. The molecule has 78 valence electrons. The Morgan fingerprint density at radius 2 is 1.36 bits per heavy atom. The normalized spacial score (nSPS) is 11.4. The second-order valence-electron chi connectivity index (χ2n) is 4.24. The lowest BCUT2D eigenvalue weighted by atomic mass is 9.94. The molecule has 0 unspecified atom stereocenters. The Balaban J connectivity index is 3.32. The van der Waals surface area contributed by atoms with Gasteiger partial charge >= 0.3 is 0 Å². The molecule has 0 saturated carbocycles. The van der Waals surface area contributed by atoms with Gasteiger partial charge in [-0.2, -0.15) is 0 Å². The highest BCUT2D eigenvalue weighted by Crippen LogP contribution is 2.35. The monoisotopic (exact) mass is 212 g/mol. The van der Waals surface area contributed by atoms with Crippen LogP contribution < -0.4 is 0 Å². The second kappa shape index (κ2) is 4.22. The van der Waals surface area contributed by atoms with Crippen molar-refractivity contribution < 1.29 is 5.11 Å². The van der Waals surface area contributed by atoms with Crippen molar-refractivity contribution in [1.82, 2.24) is 0 Å². The van der Waals surface area contributed by atoms with Gasteiger partial charge in [0.1, 0.15) is 5.75 Å². The van der Waals surface area contributed by atoms with Gasteiger partial charge < -0.3 is 5.11 Å². The predicted octanol–water partition coefficient (Wildman–Crippen LogP) is 4.29. The van der Waals surface area contributed by atoms with E-state index in [-0.39, 0.29) is 0 Å². The Bertz CT molecular complexity index is 300. The van der Waals surface area contributed by atoms with Crippen LogP contribution in [-0.2, 0) is 0 Å². The van der Waals surface area contributed by atoms with Gasteiger partial charge in [-0.3, -0.25) is 0 Å². The van der Waals surface area contributed by atoms with Gasteiger partial charge in [0.15, 0.2) is 0 Å². The summed E-state index contributed by atoms with van der Waals surface area (Å²) in [5.74, 6) is 0.997. The van der Waals surface area contributed by atoms with Crippen molar-refractivity contribution in [1.29, 1.82) is 0 Å². The average Bonchev–Trinajstić information content (AvgIpc) is 2.07. The topological polar surface area (TPSA) is 20.2 Å². The third-order valence-electron chi connectivity index (χ3n) is 2.38. The molecule has 0 atom stereocenters. The first-order valence-electron chi connectivity index (χ1n) is 4.95. The number of benzene rings is 1. The average molecular weight is 213 g/mol. The van der Waals surface area contributed by atoms with Crippen molar-refractivity contribution in [3.05, 3.63) is 28.3 Å². The number of hydrogen-bond donors (Lipinski definition) is 1. The standard InChI is InChI=1S/C12H17ClO/c1-7(2)10-5-9(13)6-11(8(3)4)12(10)14/h5-8,14H,1-4H3. The zero-order chi connectivity index (χ0) is 10.9. The maximum absolute atomic E-state index is 10.00. The number of aromatic hydroxyl groups is 1. The predicted molar refractivity (Wildman–Crippen MR) is 61.3 cm³/mol. The Labute approximate surface area is 90.7 Å². The first-order valence-corrected chi connectivity index (χ1v) is 5.33. The minimum Gasteiger partial charge on any atom is -0.507 e. The van der Waals surface area contributed by atoms with Crippen molar-refractivity contribution in [3.63, 3.8) is 0 Å². The van der Waals surface area contributed by atoms with Crippen LogP contribution in [0, 0.1) is 0 Å². The number of phenols is 1.